The first-order valence-corrected chi connectivity index (χ1v) is 8.45. The first-order chi connectivity index (χ1) is 12.1. The summed E-state index contributed by atoms with van der Waals surface area (Å²) in [5.41, 5.74) is 1.08. The van der Waals surface area contributed by atoms with Gasteiger partial charge in [-0.25, -0.2) is 8.78 Å². The lowest BCUT2D eigenvalue weighted by atomic mass is 10.1. The zero-order chi connectivity index (χ0) is 17.4. The van der Waals surface area contributed by atoms with Gasteiger partial charge in [-0.1, -0.05) is 35.1 Å². The van der Waals surface area contributed by atoms with Gasteiger partial charge in [0.1, 0.15) is 22.4 Å². The Morgan fingerprint density at radius 3 is 2.32 bits per heavy atom. The summed E-state index contributed by atoms with van der Waals surface area (Å²) in [4.78, 5) is 0. The van der Waals surface area contributed by atoms with Crippen molar-refractivity contribution in [1.29, 1.82) is 0 Å². The molecule has 4 aromatic rings. The van der Waals surface area contributed by atoms with Crippen molar-refractivity contribution in [3.63, 3.8) is 0 Å². The molecular weight excluding hydrogens is 366 g/mol. The first-order valence-electron chi connectivity index (χ1n) is 7.25. The highest BCUT2D eigenvalue weighted by Gasteiger charge is 2.15. The van der Waals surface area contributed by atoms with E-state index in [2.05, 4.69) is 10.2 Å². The Balaban J connectivity index is 1.65. The summed E-state index contributed by atoms with van der Waals surface area (Å²) >= 11 is 7.23. The van der Waals surface area contributed by atoms with Crippen LogP contribution in [0, 0.1) is 11.6 Å². The predicted molar refractivity (Wildman–Crippen MR) is 93.4 cm³/mol. The number of rotatable bonds is 3. The van der Waals surface area contributed by atoms with Crippen LogP contribution in [-0.4, -0.2) is 10.2 Å². The van der Waals surface area contributed by atoms with Gasteiger partial charge in [-0.2, -0.15) is 0 Å². The lowest BCUT2D eigenvalue weighted by molar-refractivity contribution is 0.566. The molecule has 0 unspecified atom stereocenters. The van der Waals surface area contributed by atoms with Gasteiger partial charge >= 0.3 is 0 Å². The minimum atomic E-state index is -0.681. The van der Waals surface area contributed by atoms with Crippen LogP contribution in [0.5, 0.6) is 0 Å². The summed E-state index contributed by atoms with van der Waals surface area (Å²) in [5.74, 6) is -0.544. The molecule has 25 heavy (non-hydrogen) atoms. The number of benzene rings is 2. The molecule has 0 spiro atoms. The zero-order valence-electron chi connectivity index (χ0n) is 12.5. The van der Waals surface area contributed by atoms with Crippen LogP contribution in [0.4, 0.5) is 8.78 Å². The maximum Gasteiger partial charge on any atom is 0.183 e. The van der Waals surface area contributed by atoms with Crippen LogP contribution in [0.3, 0.4) is 0 Å². The average Bonchev–Trinajstić information content (AvgIpc) is 3.24. The molecule has 7 heteroatoms. The molecule has 124 valence electrons. The molecule has 0 fully saturated rings. The largest absolute Gasteiger partial charge is 0.453 e. The Kier molecular flexibility index (Phi) is 4.07. The molecule has 0 N–H and O–H groups in total. The van der Waals surface area contributed by atoms with E-state index in [1.54, 1.807) is 24.3 Å². The van der Waals surface area contributed by atoms with Gasteiger partial charge in [0.15, 0.2) is 10.8 Å². The van der Waals surface area contributed by atoms with Crippen molar-refractivity contribution in [1.82, 2.24) is 10.2 Å². The molecule has 0 aliphatic carbocycles. The van der Waals surface area contributed by atoms with Gasteiger partial charge in [0, 0.05) is 16.7 Å². The van der Waals surface area contributed by atoms with E-state index in [0.29, 0.717) is 21.6 Å². The molecule has 0 bridgehead atoms. The number of halogens is 3. The molecule has 0 atom stereocenters. The van der Waals surface area contributed by atoms with Crippen LogP contribution in [0.15, 0.2) is 59.0 Å². The highest BCUT2D eigenvalue weighted by atomic mass is 35.5. The highest BCUT2D eigenvalue weighted by Crippen LogP contribution is 2.34. The first kappa shape index (κ1) is 15.9. The summed E-state index contributed by atoms with van der Waals surface area (Å²) < 4.78 is 32.6. The fourth-order valence-corrected chi connectivity index (χ4v) is 3.26. The summed E-state index contributed by atoms with van der Waals surface area (Å²) in [5, 5.41) is 10.2. The van der Waals surface area contributed by atoms with E-state index in [4.69, 9.17) is 16.0 Å². The zero-order valence-corrected chi connectivity index (χ0v) is 14.1. The molecule has 0 aliphatic rings. The number of hydrogen-bond donors (Lipinski definition) is 0. The van der Waals surface area contributed by atoms with Crippen LogP contribution in [0.25, 0.3) is 32.7 Å². The third-order valence-electron chi connectivity index (χ3n) is 3.53. The topological polar surface area (TPSA) is 38.9 Å². The molecule has 3 nitrogen and oxygen atoms in total. The molecule has 2 aromatic heterocycles. The van der Waals surface area contributed by atoms with Gasteiger partial charge in [0.2, 0.25) is 0 Å². The third kappa shape index (κ3) is 3.18. The lowest BCUT2D eigenvalue weighted by Gasteiger charge is -1.99. The van der Waals surface area contributed by atoms with Crippen LogP contribution < -0.4 is 0 Å². The molecule has 0 saturated carbocycles. The standard InChI is InChI=1S/C18H9ClF2N2OS/c19-11-3-1-10(2-4-11)17-22-23-18(25-17)16-8-7-15(24-16)13-6-5-12(20)9-14(13)21/h1-9H. The minimum Gasteiger partial charge on any atom is -0.453 e. The summed E-state index contributed by atoms with van der Waals surface area (Å²) in [6.07, 6.45) is 0. The number of aromatic nitrogens is 2. The van der Waals surface area contributed by atoms with Crippen molar-refractivity contribution in [2.75, 3.05) is 0 Å². The molecular formula is C18H9ClF2N2OS. The van der Waals surface area contributed by atoms with Crippen LogP contribution in [0.1, 0.15) is 0 Å². The normalized spacial score (nSPS) is 11.0. The summed E-state index contributed by atoms with van der Waals surface area (Å²) in [6.45, 7) is 0. The van der Waals surface area contributed by atoms with Crippen LogP contribution in [0.2, 0.25) is 5.02 Å². The average molecular weight is 375 g/mol. The maximum absolute atomic E-state index is 13.9. The van der Waals surface area contributed by atoms with Gasteiger partial charge in [-0.05, 0) is 36.4 Å². The summed E-state index contributed by atoms with van der Waals surface area (Å²) in [7, 11) is 0. The maximum atomic E-state index is 13.9. The Morgan fingerprint density at radius 1 is 0.840 bits per heavy atom. The van der Waals surface area contributed by atoms with E-state index in [9.17, 15) is 8.78 Å². The van der Waals surface area contributed by atoms with Crippen molar-refractivity contribution in [2.45, 2.75) is 0 Å². The van der Waals surface area contributed by atoms with E-state index in [-0.39, 0.29) is 5.56 Å². The Labute approximate surface area is 150 Å². The number of furan rings is 1. The molecule has 0 amide bonds. The fourth-order valence-electron chi connectivity index (χ4n) is 2.32. The molecule has 4 rings (SSSR count). The van der Waals surface area contributed by atoms with Crippen molar-refractivity contribution in [2.24, 2.45) is 0 Å². The predicted octanol–water partition coefficient (Wildman–Crippen LogP) is 6.06. The number of hydrogen-bond acceptors (Lipinski definition) is 4. The van der Waals surface area contributed by atoms with E-state index in [0.717, 1.165) is 16.6 Å². The van der Waals surface area contributed by atoms with Crippen LogP contribution >= 0.6 is 22.9 Å². The second-order valence-electron chi connectivity index (χ2n) is 5.21. The molecule has 0 aliphatic heterocycles. The van der Waals surface area contributed by atoms with E-state index < -0.39 is 11.6 Å². The van der Waals surface area contributed by atoms with Crippen molar-refractivity contribution >= 4 is 22.9 Å². The number of nitrogens with zero attached hydrogens (tertiary/aromatic N) is 2. The van der Waals surface area contributed by atoms with Gasteiger partial charge < -0.3 is 4.42 Å². The minimum absolute atomic E-state index is 0.190. The third-order valence-corrected chi connectivity index (χ3v) is 4.77. The van der Waals surface area contributed by atoms with E-state index in [1.807, 2.05) is 12.1 Å². The SMILES string of the molecule is Fc1ccc(-c2ccc(-c3nnc(-c4ccc(Cl)cc4)s3)o2)c(F)c1. The molecule has 2 aromatic carbocycles. The monoisotopic (exact) mass is 374 g/mol. The van der Waals surface area contributed by atoms with Crippen molar-refractivity contribution in [3.8, 4) is 32.7 Å². The second-order valence-corrected chi connectivity index (χ2v) is 6.62. The summed E-state index contributed by atoms with van der Waals surface area (Å²) in [6, 6.07) is 13.9. The van der Waals surface area contributed by atoms with Gasteiger partial charge in [-0.3, -0.25) is 0 Å². The van der Waals surface area contributed by atoms with Crippen molar-refractivity contribution < 1.29 is 13.2 Å². The van der Waals surface area contributed by atoms with Gasteiger partial charge in [0.05, 0.1) is 5.56 Å². The van der Waals surface area contributed by atoms with Gasteiger partial charge in [-0.15, -0.1) is 10.2 Å². The fraction of sp³-hybridized carbons (Fsp3) is 0. The van der Waals surface area contributed by atoms with E-state index in [1.165, 1.54) is 23.5 Å². The van der Waals surface area contributed by atoms with Crippen LogP contribution in [-0.2, 0) is 0 Å². The smallest absolute Gasteiger partial charge is 0.183 e. The Morgan fingerprint density at radius 2 is 1.56 bits per heavy atom. The van der Waals surface area contributed by atoms with Crippen molar-refractivity contribution in [3.05, 3.63) is 71.3 Å². The molecule has 0 radical (unpaired) electrons. The molecule has 2 heterocycles. The Bertz CT molecular complexity index is 1040. The van der Waals surface area contributed by atoms with E-state index >= 15 is 0 Å². The Hall–Kier alpha value is -2.57. The van der Waals surface area contributed by atoms with Gasteiger partial charge in [0.25, 0.3) is 0 Å². The lowest BCUT2D eigenvalue weighted by Crippen LogP contribution is -1.84. The quantitative estimate of drug-likeness (QED) is 0.437. The second kappa shape index (κ2) is 6.38. The molecule has 0 saturated heterocycles. The highest BCUT2D eigenvalue weighted by molar-refractivity contribution is 7.17.